The highest BCUT2D eigenvalue weighted by Gasteiger charge is 2.69. The number of carboxylic acids is 2. The molecule has 11 nitrogen and oxygen atoms in total. The first kappa shape index (κ1) is 31.9. The van der Waals surface area contributed by atoms with Crippen molar-refractivity contribution in [2.75, 3.05) is 6.61 Å². The molecule has 3 saturated carbocycles. The molecular weight excluding hydrogens is 572 g/mol. The smallest absolute Gasteiger partial charge is 0.339 e. The summed E-state index contributed by atoms with van der Waals surface area (Å²) in [5.74, 6) is -3.12. The Morgan fingerprint density at radius 1 is 1.14 bits per heavy atom. The van der Waals surface area contributed by atoms with Gasteiger partial charge < -0.3 is 39.7 Å². The van der Waals surface area contributed by atoms with Crippen molar-refractivity contribution in [3.8, 4) is 0 Å². The molecule has 0 aromatic heterocycles. The first-order valence-electron chi connectivity index (χ1n) is 16.3. The molecule has 2 saturated heterocycles. The zero-order chi connectivity index (χ0) is 32.0. The highest BCUT2D eigenvalue weighted by atomic mass is 16.7. The zero-order valence-electron chi connectivity index (χ0n) is 26.1. The van der Waals surface area contributed by atoms with Crippen LogP contribution in [0.4, 0.5) is 0 Å². The van der Waals surface area contributed by atoms with Gasteiger partial charge in [-0.25, -0.2) is 9.59 Å². The quantitative estimate of drug-likeness (QED) is 0.218. The van der Waals surface area contributed by atoms with E-state index in [1.807, 2.05) is 0 Å². The van der Waals surface area contributed by atoms with Crippen molar-refractivity contribution in [2.45, 2.75) is 121 Å². The normalized spacial score (nSPS) is 48.2. The monoisotopic (exact) mass is 620 g/mol. The molecule has 0 amide bonds. The van der Waals surface area contributed by atoms with Crippen molar-refractivity contribution in [3.63, 3.8) is 0 Å². The van der Waals surface area contributed by atoms with Gasteiger partial charge in [-0.1, -0.05) is 39.3 Å². The van der Waals surface area contributed by atoms with Crippen LogP contribution in [0, 0.1) is 46.3 Å². The molecule has 0 aromatic rings. The summed E-state index contributed by atoms with van der Waals surface area (Å²) in [4.78, 5) is 35.4. The molecule has 1 spiro atoms. The summed E-state index contributed by atoms with van der Waals surface area (Å²) in [6, 6.07) is 0. The van der Waals surface area contributed by atoms with Gasteiger partial charge in [0.05, 0.1) is 25.2 Å². The molecular formula is C33H48O11. The zero-order valence-corrected chi connectivity index (χ0v) is 26.1. The van der Waals surface area contributed by atoms with Crippen LogP contribution in [0.1, 0.15) is 85.5 Å². The highest BCUT2D eigenvalue weighted by molar-refractivity contribution is 5.91. The number of aliphatic hydroxyl groups excluding tert-OH is 2. The summed E-state index contributed by atoms with van der Waals surface area (Å²) < 4.78 is 18.7. The van der Waals surface area contributed by atoms with Gasteiger partial charge in [0.15, 0.2) is 11.9 Å². The van der Waals surface area contributed by atoms with Crippen LogP contribution in [0.15, 0.2) is 11.6 Å². The van der Waals surface area contributed by atoms with Crippen LogP contribution in [-0.2, 0) is 28.6 Å². The molecule has 6 rings (SSSR count). The Bertz CT molecular complexity index is 1220. The summed E-state index contributed by atoms with van der Waals surface area (Å²) in [6.07, 6.45) is 2.86. The van der Waals surface area contributed by atoms with Crippen LogP contribution in [0.5, 0.6) is 0 Å². The molecule has 6 aliphatic rings. The van der Waals surface area contributed by atoms with Crippen LogP contribution in [0.3, 0.4) is 0 Å². The van der Waals surface area contributed by atoms with Crippen molar-refractivity contribution in [3.05, 3.63) is 11.6 Å². The summed E-state index contributed by atoms with van der Waals surface area (Å²) in [5.41, 5.74) is -2.36. The number of rotatable bonds is 6. The largest absolute Gasteiger partial charge is 0.481 e. The minimum atomic E-state index is -3.26. The fraction of sp³-hybridized carbons (Fsp3) is 0.848. The lowest BCUT2D eigenvalue weighted by atomic mass is 9.46. The van der Waals surface area contributed by atoms with E-state index in [-0.39, 0.29) is 23.4 Å². The van der Waals surface area contributed by atoms with Crippen molar-refractivity contribution in [1.82, 2.24) is 0 Å². The number of fused-ring (bicyclic) bond motifs is 7. The average molecular weight is 621 g/mol. The Morgan fingerprint density at radius 2 is 1.86 bits per heavy atom. The lowest BCUT2D eigenvalue weighted by molar-refractivity contribution is -0.272. The topological polar surface area (TPSA) is 180 Å². The Hall–Kier alpha value is -2.05. The number of hydrogen-bond donors (Lipinski definition) is 5. The van der Waals surface area contributed by atoms with Gasteiger partial charge in [-0.05, 0) is 78.9 Å². The second-order valence-corrected chi connectivity index (χ2v) is 15.4. The number of carbonyl (C=O) groups is 3. The third-order valence-electron chi connectivity index (χ3n) is 13.1. The molecule has 44 heavy (non-hydrogen) atoms. The van der Waals surface area contributed by atoms with E-state index in [4.69, 9.17) is 19.3 Å². The van der Waals surface area contributed by atoms with Crippen molar-refractivity contribution >= 4 is 17.9 Å². The molecule has 0 aromatic carbocycles. The van der Waals surface area contributed by atoms with Crippen LogP contribution in [0.2, 0.25) is 0 Å². The van der Waals surface area contributed by atoms with E-state index in [1.54, 1.807) is 0 Å². The number of carboxylic acid groups (broad SMARTS) is 2. The SMILES string of the molecule is C[C@@H]1CC[C@@]2(OC1)O[C@H]1C[C@H]3[C@@H]4CC=C5C[C@@H](OC(=O)C(O)C(O)(CC(=O)O)C(=O)O)[C@H](O)C[C@]5(C)[C@H]4CC[C@]3(C)[C@H]1[C@@H]2C. The second-order valence-electron chi connectivity index (χ2n) is 15.4. The molecule has 0 radical (unpaired) electrons. The molecule has 5 fully saturated rings. The molecule has 4 aliphatic carbocycles. The number of aliphatic hydroxyl groups is 3. The Balaban J connectivity index is 1.17. The number of allylic oxidation sites excluding steroid dienone is 1. The number of aliphatic carboxylic acids is 2. The second kappa shape index (κ2) is 10.8. The first-order valence-corrected chi connectivity index (χ1v) is 16.3. The van der Waals surface area contributed by atoms with Crippen LogP contribution < -0.4 is 0 Å². The standard InChI is InChI=1S/C33H48O11/c1-16-7-10-33(42-15-16)17(2)26-24(44-33)12-21-19-6-5-18-11-23(22(34)13-31(18,4)20(19)8-9-30(21,26)3)43-28(38)27(37)32(41,29(39)40)14-25(35)36/h5,16-17,19-24,26-27,34,37,41H,6-15H2,1-4H3,(H,35,36)(H,39,40)/t16-,17+,19-,20+,21+,22-,23-,24+,26+,27?,30+,31+,32?,33-/m1/s1. The van der Waals surface area contributed by atoms with Crippen molar-refractivity contribution in [1.29, 1.82) is 0 Å². The maximum Gasteiger partial charge on any atom is 0.339 e. The van der Waals surface area contributed by atoms with E-state index in [0.29, 0.717) is 41.9 Å². The predicted octanol–water partition coefficient (Wildman–Crippen LogP) is 2.89. The highest BCUT2D eigenvalue weighted by Crippen LogP contribution is 2.70. The Morgan fingerprint density at radius 3 is 2.50 bits per heavy atom. The van der Waals surface area contributed by atoms with Crippen LogP contribution >= 0.6 is 0 Å². The van der Waals surface area contributed by atoms with Gasteiger partial charge in [0.25, 0.3) is 0 Å². The van der Waals surface area contributed by atoms with Gasteiger partial charge in [-0.2, -0.15) is 0 Å². The molecule has 2 aliphatic heterocycles. The molecule has 2 heterocycles. The summed E-state index contributed by atoms with van der Waals surface area (Å²) in [7, 11) is 0. The number of ether oxygens (including phenoxy) is 3. The van der Waals surface area contributed by atoms with Gasteiger partial charge in [0.1, 0.15) is 6.10 Å². The first-order chi connectivity index (χ1) is 20.6. The Labute approximate surface area is 257 Å². The molecule has 2 unspecified atom stereocenters. The fourth-order valence-electron chi connectivity index (χ4n) is 10.7. The fourth-order valence-corrected chi connectivity index (χ4v) is 10.7. The van der Waals surface area contributed by atoms with Crippen LogP contribution in [-0.4, -0.2) is 85.9 Å². The van der Waals surface area contributed by atoms with Gasteiger partial charge in [0.2, 0.25) is 5.60 Å². The molecule has 11 heteroatoms. The van der Waals surface area contributed by atoms with Gasteiger partial charge >= 0.3 is 17.9 Å². The third kappa shape index (κ3) is 4.67. The van der Waals surface area contributed by atoms with E-state index in [2.05, 4.69) is 33.8 Å². The average Bonchev–Trinajstić information content (AvgIpc) is 3.39. The van der Waals surface area contributed by atoms with Crippen LogP contribution in [0.25, 0.3) is 0 Å². The Kier molecular flexibility index (Phi) is 7.80. The predicted molar refractivity (Wildman–Crippen MR) is 154 cm³/mol. The van der Waals surface area contributed by atoms with E-state index in [9.17, 15) is 34.8 Å². The summed E-state index contributed by atoms with van der Waals surface area (Å²) >= 11 is 0. The van der Waals surface area contributed by atoms with E-state index >= 15 is 0 Å². The van der Waals surface area contributed by atoms with Crippen molar-refractivity contribution in [2.24, 2.45) is 46.3 Å². The molecule has 5 N–H and O–H groups in total. The number of carbonyl (C=O) groups excluding carboxylic acids is 1. The molecule has 246 valence electrons. The maximum absolute atomic E-state index is 12.7. The third-order valence-corrected chi connectivity index (χ3v) is 13.1. The van der Waals surface area contributed by atoms with E-state index in [0.717, 1.165) is 50.7 Å². The maximum atomic E-state index is 12.7. The lowest BCUT2D eigenvalue weighted by Crippen LogP contribution is -2.57. The summed E-state index contributed by atoms with van der Waals surface area (Å²) in [5, 5.41) is 50.1. The van der Waals surface area contributed by atoms with Gasteiger partial charge in [-0.3, -0.25) is 4.79 Å². The molecule has 14 atom stereocenters. The van der Waals surface area contributed by atoms with Gasteiger partial charge in [-0.15, -0.1) is 0 Å². The number of esters is 1. The van der Waals surface area contributed by atoms with Gasteiger partial charge in [0, 0.05) is 18.8 Å². The molecule has 0 bridgehead atoms. The summed E-state index contributed by atoms with van der Waals surface area (Å²) in [6.45, 7) is 9.96. The van der Waals surface area contributed by atoms with E-state index in [1.165, 1.54) is 0 Å². The minimum absolute atomic E-state index is 0.140. The minimum Gasteiger partial charge on any atom is -0.481 e. The van der Waals surface area contributed by atoms with E-state index < -0.39 is 54.0 Å². The lowest BCUT2D eigenvalue weighted by Gasteiger charge is -2.59. The van der Waals surface area contributed by atoms with Crippen molar-refractivity contribution < 1.29 is 54.1 Å². The number of hydrogen-bond acceptors (Lipinski definition) is 9.